The van der Waals surface area contributed by atoms with E-state index in [4.69, 9.17) is 9.47 Å². The average Bonchev–Trinajstić information content (AvgIpc) is 3.45. The van der Waals surface area contributed by atoms with Crippen LogP contribution in [-0.2, 0) is 4.79 Å². The van der Waals surface area contributed by atoms with E-state index in [0.29, 0.717) is 11.3 Å². The van der Waals surface area contributed by atoms with Gasteiger partial charge in [0.1, 0.15) is 24.1 Å². The number of anilines is 1. The average molecular weight is 510 g/mol. The topological polar surface area (TPSA) is 64.0 Å². The second-order valence-corrected chi connectivity index (χ2v) is 9.49. The van der Waals surface area contributed by atoms with Crippen LogP contribution in [0.25, 0.3) is 5.69 Å². The van der Waals surface area contributed by atoms with Gasteiger partial charge in [-0.15, -0.1) is 0 Å². The van der Waals surface area contributed by atoms with E-state index >= 15 is 0 Å². The van der Waals surface area contributed by atoms with Crippen LogP contribution in [-0.4, -0.2) is 48.1 Å². The Hall–Kier alpha value is -4.52. The standard InChI is InChI=1S/C31H31N3O4/c1-21(2)33(31(36)23-13-17-25(38-4)18-14-23)20-29(35)34-27-9-6-5-8-26(27)32-19-7-10-28(32)30(34)22-11-15-24(37-3)16-12-22/h5-19,21,30H,20H2,1-4H3. The van der Waals surface area contributed by atoms with E-state index in [1.54, 1.807) is 43.4 Å². The van der Waals surface area contributed by atoms with Gasteiger partial charge in [0.15, 0.2) is 0 Å². The van der Waals surface area contributed by atoms with Gasteiger partial charge in [0, 0.05) is 17.8 Å². The monoisotopic (exact) mass is 509 g/mol. The molecule has 0 spiro atoms. The van der Waals surface area contributed by atoms with Crippen molar-refractivity contribution in [2.24, 2.45) is 0 Å². The maximum Gasteiger partial charge on any atom is 0.254 e. The third-order valence-corrected chi connectivity index (χ3v) is 6.95. The molecule has 1 unspecified atom stereocenters. The Balaban J connectivity index is 1.54. The number of benzene rings is 3. The lowest BCUT2D eigenvalue weighted by Gasteiger charge is -2.40. The molecule has 0 N–H and O–H groups in total. The zero-order valence-electron chi connectivity index (χ0n) is 22.0. The van der Waals surface area contributed by atoms with Gasteiger partial charge in [-0.1, -0.05) is 24.3 Å². The van der Waals surface area contributed by atoms with Crippen molar-refractivity contribution < 1.29 is 19.1 Å². The number of hydrogen-bond acceptors (Lipinski definition) is 4. The Morgan fingerprint density at radius 1 is 0.816 bits per heavy atom. The van der Waals surface area contributed by atoms with Gasteiger partial charge < -0.3 is 18.9 Å². The summed E-state index contributed by atoms with van der Waals surface area (Å²) in [6.45, 7) is 3.78. The number of carbonyl (C=O) groups is 2. The normalized spacial score (nSPS) is 14.0. The highest BCUT2D eigenvalue weighted by Crippen LogP contribution is 2.42. The second-order valence-electron chi connectivity index (χ2n) is 9.49. The number of ether oxygens (including phenoxy) is 2. The van der Waals surface area contributed by atoms with Crippen molar-refractivity contribution in [2.45, 2.75) is 25.9 Å². The lowest BCUT2D eigenvalue weighted by Crippen LogP contribution is -2.48. The van der Waals surface area contributed by atoms with Crippen LogP contribution < -0.4 is 14.4 Å². The molecule has 3 aromatic carbocycles. The summed E-state index contributed by atoms with van der Waals surface area (Å²) in [7, 11) is 3.22. The summed E-state index contributed by atoms with van der Waals surface area (Å²) in [6.07, 6.45) is 2.01. The van der Waals surface area contributed by atoms with E-state index in [2.05, 4.69) is 4.57 Å². The highest BCUT2D eigenvalue weighted by Gasteiger charge is 2.37. The highest BCUT2D eigenvalue weighted by atomic mass is 16.5. The van der Waals surface area contributed by atoms with E-state index in [1.165, 1.54) is 0 Å². The fraction of sp³-hybridized carbons (Fsp3) is 0.226. The number of fused-ring (bicyclic) bond motifs is 3. The van der Waals surface area contributed by atoms with Crippen LogP contribution >= 0.6 is 0 Å². The van der Waals surface area contributed by atoms with E-state index in [-0.39, 0.29) is 30.4 Å². The summed E-state index contributed by atoms with van der Waals surface area (Å²) in [4.78, 5) is 31.2. The maximum absolute atomic E-state index is 14.2. The minimum atomic E-state index is -0.372. The molecule has 38 heavy (non-hydrogen) atoms. The SMILES string of the molecule is COc1ccc(C(=O)N(CC(=O)N2c3ccccc3-n3cccc3C2c2ccc(OC)cc2)C(C)C)cc1. The first kappa shape index (κ1) is 25.1. The number of aromatic nitrogens is 1. The number of rotatable bonds is 7. The summed E-state index contributed by atoms with van der Waals surface area (Å²) in [5, 5.41) is 0. The van der Waals surface area contributed by atoms with Crippen molar-refractivity contribution in [2.75, 3.05) is 25.7 Å². The molecule has 0 aliphatic carbocycles. The minimum Gasteiger partial charge on any atom is -0.497 e. The van der Waals surface area contributed by atoms with E-state index in [0.717, 1.165) is 28.4 Å². The number of carbonyl (C=O) groups excluding carboxylic acids is 2. The molecule has 7 nitrogen and oxygen atoms in total. The van der Waals surface area contributed by atoms with Crippen molar-refractivity contribution in [1.82, 2.24) is 9.47 Å². The molecule has 2 heterocycles. The molecule has 5 rings (SSSR count). The number of methoxy groups -OCH3 is 2. The van der Waals surface area contributed by atoms with Crippen LogP contribution in [0.2, 0.25) is 0 Å². The molecule has 1 aliphatic heterocycles. The molecule has 194 valence electrons. The number of amides is 2. The summed E-state index contributed by atoms with van der Waals surface area (Å²) in [5.41, 5.74) is 4.14. The fourth-order valence-electron chi connectivity index (χ4n) is 4.97. The van der Waals surface area contributed by atoms with Crippen LogP contribution in [0.15, 0.2) is 91.1 Å². The first-order valence-electron chi connectivity index (χ1n) is 12.6. The van der Waals surface area contributed by atoms with Gasteiger partial charge in [0.25, 0.3) is 5.91 Å². The fourth-order valence-corrected chi connectivity index (χ4v) is 4.97. The Labute approximate surface area is 222 Å². The molecule has 2 amide bonds. The van der Waals surface area contributed by atoms with Gasteiger partial charge in [0.2, 0.25) is 5.91 Å². The predicted molar refractivity (Wildman–Crippen MR) is 147 cm³/mol. The lowest BCUT2D eigenvalue weighted by molar-refractivity contribution is -0.120. The smallest absolute Gasteiger partial charge is 0.254 e. The van der Waals surface area contributed by atoms with Crippen LogP contribution in [0.5, 0.6) is 11.5 Å². The number of nitrogens with zero attached hydrogens (tertiary/aromatic N) is 3. The van der Waals surface area contributed by atoms with Crippen LogP contribution in [0.1, 0.15) is 41.5 Å². The van der Waals surface area contributed by atoms with Crippen molar-refractivity contribution >= 4 is 17.5 Å². The largest absolute Gasteiger partial charge is 0.497 e. The third kappa shape index (κ3) is 4.52. The molecule has 1 atom stereocenters. The quantitative estimate of drug-likeness (QED) is 0.331. The second kappa shape index (κ2) is 10.5. The Morgan fingerprint density at radius 3 is 2.03 bits per heavy atom. The molecule has 1 aromatic heterocycles. The lowest BCUT2D eigenvalue weighted by atomic mass is 9.97. The Bertz CT molecular complexity index is 1440. The van der Waals surface area contributed by atoms with Gasteiger partial charge in [-0.05, 0) is 80.1 Å². The number of para-hydroxylation sites is 2. The summed E-state index contributed by atoms with van der Waals surface area (Å²) < 4.78 is 12.7. The van der Waals surface area contributed by atoms with Crippen LogP contribution in [0.4, 0.5) is 5.69 Å². The van der Waals surface area contributed by atoms with Gasteiger partial charge in [0.05, 0.1) is 31.3 Å². The Morgan fingerprint density at radius 2 is 1.42 bits per heavy atom. The highest BCUT2D eigenvalue weighted by molar-refractivity contribution is 6.02. The molecule has 0 bridgehead atoms. The summed E-state index contributed by atoms with van der Waals surface area (Å²) in [6, 6.07) is 26.1. The van der Waals surface area contributed by atoms with Crippen molar-refractivity contribution in [3.63, 3.8) is 0 Å². The minimum absolute atomic E-state index is 0.0653. The third-order valence-electron chi connectivity index (χ3n) is 6.95. The summed E-state index contributed by atoms with van der Waals surface area (Å²) >= 11 is 0. The van der Waals surface area contributed by atoms with Gasteiger partial charge in [-0.2, -0.15) is 0 Å². The first-order chi connectivity index (χ1) is 18.4. The zero-order valence-corrected chi connectivity index (χ0v) is 22.0. The van der Waals surface area contributed by atoms with E-state index in [1.807, 2.05) is 85.6 Å². The van der Waals surface area contributed by atoms with E-state index < -0.39 is 0 Å². The molecule has 0 saturated heterocycles. The van der Waals surface area contributed by atoms with Gasteiger partial charge >= 0.3 is 0 Å². The summed E-state index contributed by atoms with van der Waals surface area (Å²) in [5.74, 6) is 1.05. The van der Waals surface area contributed by atoms with Crippen molar-refractivity contribution in [3.8, 4) is 17.2 Å². The molecule has 1 aliphatic rings. The Kier molecular flexibility index (Phi) is 6.92. The first-order valence-corrected chi connectivity index (χ1v) is 12.6. The predicted octanol–water partition coefficient (Wildman–Crippen LogP) is 5.48. The van der Waals surface area contributed by atoms with Crippen molar-refractivity contribution in [1.29, 1.82) is 0 Å². The van der Waals surface area contributed by atoms with Gasteiger partial charge in [-0.3, -0.25) is 14.5 Å². The maximum atomic E-state index is 14.2. The molecular weight excluding hydrogens is 478 g/mol. The van der Waals surface area contributed by atoms with Crippen LogP contribution in [0, 0.1) is 0 Å². The van der Waals surface area contributed by atoms with E-state index in [9.17, 15) is 9.59 Å². The van der Waals surface area contributed by atoms with Crippen LogP contribution in [0.3, 0.4) is 0 Å². The molecule has 0 saturated carbocycles. The van der Waals surface area contributed by atoms with Crippen molar-refractivity contribution in [3.05, 3.63) is 108 Å². The molecule has 7 heteroatoms. The zero-order chi connectivity index (χ0) is 26.8. The molecule has 0 radical (unpaired) electrons. The molecule has 0 fully saturated rings. The number of hydrogen-bond donors (Lipinski definition) is 0. The molecular formula is C31H31N3O4. The molecule has 4 aromatic rings. The van der Waals surface area contributed by atoms with Gasteiger partial charge in [-0.25, -0.2) is 0 Å².